The molecule has 33 heavy (non-hydrogen) atoms. The van der Waals surface area contributed by atoms with Crippen LogP contribution in [-0.2, 0) is 22.6 Å². The van der Waals surface area contributed by atoms with Crippen molar-refractivity contribution in [2.24, 2.45) is 0 Å². The SMILES string of the molecule is C=CCC(Cc1ccc(OCc2ccccc2)cc1)(NC(=O)c1ccc(C)cc1)C(=O)OC. The van der Waals surface area contributed by atoms with Crippen LogP contribution in [0.5, 0.6) is 5.75 Å². The molecule has 0 aliphatic heterocycles. The van der Waals surface area contributed by atoms with Crippen LogP contribution < -0.4 is 10.1 Å². The Morgan fingerprint density at radius 2 is 1.61 bits per heavy atom. The molecule has 0 saturated heterocycles. The van der Waals surface area contributed by atoms with E-state index in [0.717, 1.165) is 22.4 Å². The summed E-state index contributed by atoms with van der Waals surface area (Å²) in [6, 6.07) is 24.6. The van der Waals surface area contributed by atoms with Gasteiger partial charge in [-0.3, -0.25) is 4.79 Å². The van der Waals surface area contributed by atoms with Gasteiger partial charge in [0.1, 0.15) is 17.9 Å². The predicted octanol–water partition coefficient (Wildman–Crippen LogP) is 5.03. The van der Waals surface area contributed by atoms with Crippen LogP contribution in [0.25, 0.3) is 0 Å². The van der Waals surface area contributed by atoms with Crippen LogP contribution in [0.4, 0.5) is 0 Å². The van der Waals surface area contributed by atoms with Gasteiger partial charge in [-0.2, -0.15) is 0 Å². The van der Waals surface area contributed by atoms with Gasteiger partial charge in [-0.25, -0.2) is 4.79 Å². The van der Waals surface area contributed by atoms with Gasteiger partial charge < -0.3 is 14.8 Å². The highest BCUT2D eigenvalue weighted by atomic mass is 16.5. The van der Waals surface area contributed by atoms with E-state index in [1.54, 1.807) is 18.2 Å². The van der Waals surface area contributed by atoms with Crippen LogP contribution in [0, 0.1) is 6.92 Å². The Morgan fingerprint density at radius 1 is 0.939 bits per heavy atom. The molecular formula is C28H29NO4. The number of hydrogen-bond acceptors (Lipinski definition) is 4. The molecule has 1 amide bonds. The Bertz CT molecular complexity index is 1080. The Kier molecular flexibility index (Phi) is 8.03. The van der Waals surface area contributed by atoms with Gasteiger partial charge in [-0.15, -0.1) is 6.58 Å². The van der Waals surface area contributed by atoms with Crippen molar-refractivity contribution in [3.63, 3.8) is 0 Å². The summed E-state index contributed by atoms with van der Waals surface area (Å²) < 4.78 is 10.9. The van der Waals surface area contributed by atoms with Crippen LogP contribution in [0.3, 0.4) is 0 Å². The largest absolute Gasteiger partial charge is 0.489 e. The summed E-state index contributed by atoms with van der Waals surface area (Å²) in [7, 11) is 1.32. The molecule has 3 aromatic carbocycles. The van der Waals surface area contributed by atoms with Crippen molar-refractivity contribution in [3.05, 3.63) is 114 Å². The van der Waals surface area contributed by atoms with E-state index in [4.69, 9.17) is 9.47 Å². The number of nitrogens with one attached hydrogen (secondary N) is 1. The number of esters is 1. The Hall–Kier alpha value is -3.86. The highest BCUT2D eigenvalue weighted by molar-refractivity contribution is 5.98. The molecule has 0 aromatic heterocycles. The smallest absolute Gasteiger partial charge is 0.332 e. The van der Waals surface area contributed by atoms with Crippen LogP contribution in [0.1, 0.15) is 33.5 Å². The highest BCUT2D eigenvalue weighted by Crippen LogP contribution is 2.23. The van der Waals surface area contributed by atoms with Gasteiger partial charge in [0.2, 0.25) is 0 Å². The van der Waals surface area contributed by atoms with E-state index in [1.165, 1.54) is 7.11 Å². The zero-order chi connectivity index (χ0) is 23.7. The molecule has 5 nitrogen and oxygen atoms in total. The molecule has 0 spiro atoms. The molecule has 0 fully saturated rings. The molecule has 170 valence electrons. The fourth-order valence-corrected chi connectivity index (χ4v) is 3.60. The predicted molar refractivity (Wildman–Crippen MR) is 129 cm³/mol. The lowest BCUT2D eigenvalue weighted by molar-refractivity contribution is -0.148. The van der Waals surface area contributed by atoms with Crippen molar-refractivity contribution < 1.29 is 19.1 Å². The fourth-order valence-electron chi connectivity index (χ4n) is 3.60. The standard InChI is InChI=1S/C28H29NO4/c1-4-18-28(27(31)32-3,29-26(30)24-14-10-21(2)11-15-24)19-22-12-16-25(17-13-22)33-20-23-8-6-5-7-9-23/h4-17H,1,18-20H2,2-3H3,(H,29,30). The van der Waals surface area contributed by atoms with E-state index >= 15 is 0 Å². The van der Waals surface area contributed by atoms with E-state index < -0.39 is 11.5 Å². The average Bonchev–Trinajstić information content (AvgIpc) is 2.84. The number of rotatable bonds is 10. The molecule has 0 aliphatic carbocycles. The maximum Gasteiger partial charge on any atom is 0.332 e. The summed E-state index contributed by atoms with van der Waals surface area (Å²) >= 11 is 0. The summed E-state index contributed by atoms with van der Waals surface area (Å²) in [5.41, 5.74) is 2.19. The minimum Gasteiger partial charge on any atom is -0.489 e. The first-order chi connectivity index (χ1) is 16.0. The summed E-state index contributed by atoms with van der Waals surface area (Å²) in [5.74, 6) is -0.143. The first-order valence-electron chi connectivity index (χ1n) is 10.8. The quantitative estimate of drug-likeness (QED) is 0.352. The van der Waals surface area contributed by atoms with Gasteiger partial charge in [0.15, 0.2) is 0 Å². The van der Waals surface area contributed by atoms with E-state index in [-0.39, 0.29) is 18.7 Å². The molecule has 1 unspecified atom stereocenters. The number of hydrogen-bond donors (Lipinski definition) is 1. The van der Waals surface area contributed by atoms with Crippen LogP contribution in [-0.4, -0.2) is 24.5 Å². The molecule has 0 aliphatic rings. The normalized spacial score (nSPS) is 12.3. The summed E-state index contributed by atoms with van der Waals surface area (Å²) in [5, 5.41) is 2.91. The lowest BCUT2D eigenvalue weighted by Crippen LogP contribution is -2.56. The van der Waals surface area contributed by atoms with Crippen molar-refractivity contribution in [2.45, 2.75) is 31.9 Å². The average molecular weight is 444 g/mol. The first kappa shape index (κ1) is 23.8. The summed E-state index contributed by atoms with van der Waals surface area (Å²) in [6.07, 6.45) is 2.09. The molecule has 3 aromatic rings. The number of methoxy groups -OCH3 is 1. The van der Waals surface area contributed by atoms with E-state index in [1.807, 2.05) is 73.7 Å². The Morgan fingerprint density at radius 3 is 2.21 bits per heavy atom. The third-order valence-electron chi connectivity index (χ3n) is 5.41. The fraction of sp³-hybridized carbons (Fsp3) is 0.214. The lowest BCUT2D eigenvalue weighted by Gasteiger charge is -2.31. The minimum absolute atomic E-state index is 0.226. The van der Waals surface area contributed by atoms with Crippen LogP contribution in [0.2, 0.25) is 0 Å². The zero-order valence-corrected chi connectivity index (χ0v) is 19.0. The molecule has 0 heterocycles. The van der Waals surface area contributed by atoms with Gasteiger partial charge in [-0.05, 0) is 48.7 Å². The Labute approximate surface area is 195 Å². The monoisotopic (exact) mass is 443 g/mol. The second kappa shape index (κ2) is 11.1. The van der Waals surface area contributed by atoms with Gasteiger partial charge in [0.25, 0.3) is 5.91 Å². The molecule has 0 saturated carbocycles. The number of carbonyl (C=O) groups is 2. The lowest BCUT2D eigenvalue weighted by atomic mass is 9.86. The molecule has 3 rings (SSSR count). The molecule has 5 heteroatoms. The van der Waals surface area contributed by atoms with E-state index in [2.05, 4.69) is 11.9 Å². The summed E-state index contributed by atoms with van der Waals surface area (Å²) in [6.45, 7) is 6.20. The number of aryl methyl sites for hydroxylation is 1. The van der Waals surface area contributed by atoms with Crippen LogP contribution >= 0.6 is 0 Å². The maximum absolute atomic E-state index is 13.0. The number of ether oxygens (including phenoxy) is 2. The van der Waals surface area contributed by atoms with E-state index in [0.29, 0.717) is 12.2 Å². The first-order valence-corrected chi connectivity index (χ1v) is 10.8. The molecule has 1 N–H and O–H groups in total. The molecule has 1 atom stereocenters. The van der Waals surface area contributed by atoms with Crippen molar-refractivity contribution in [2.75, 3.05) is 7.11 Å². The van der Waals surface area contributed by atoms with Gasteiger partial charge in [-0.1, -0.05) is 66.2 Å². The third kappa shape index (κ3) is 6.32. The zero-order valence-electron chi connectivity index (χ0n) is 19.0. The maximum atomic E-state index is 13.0. The van der Waals surface area contributed by atoms with Gasteiger partial charge in [0.05, 0.1) is 7.11 Å². The Balaban J connectivity index is 1.77. The third-order valence-corrected chi connectivity index (χ3v) is 5.41. The highest BCUT2D eigenvalue weighted by Gasteiger charge is 2.40. The van der Waals surface area contributed by atoms with Gasteiger partial charge >= 0.3 is 5.97 Å². The minimum atomic E-state index is -1.27. The van der Waals surface area contributed by atoms with E-state index in [9.17, 15) is 9.59 Å². The van der Waals surface area contributed by atoms with Crippen molar-refractivity contribution in [1.29, 1.82) is 0 Å². The van der Waals surface area contributed by atoms with Crippen molar-refractivity contribution in [1.82, 2.24) is 5.32 Å². The van der Waals surface area contributed by atoms with Crippen molar-refractivity contribution >= 4 is 11.9 Å². The second-order valence-electron chi connectivity index (χ2n) is 7.98. The molecule has 0 radical (unpaired) electrons. The number of amides is 1. The van der Waals surface area contributed by atoms with Gasteiger partial charge in [0, 0.05) is 12.0 Å². The van der Waals surface area contributed by atoms with Crippen LogP contribution in [0.15, 0.2) is 91.5 Å². The number of carbonyl (C=O) groups excluding carboxylic acids is 2. The number of benzene rings is 3. The topological polar surface area (TPSA) is 64.6 Å². The second-order valence-corrected chi connectivity index (χ2v) is 7.98. The molecular weight excluding hydrogens is 414 g/mol. The molecule has 0 bridgehead atoms. The summed E-state index contributed by atoms with van der Waals surface area (Å²) in [4.78, 5) is 25.8. The van der Waals surface area contributed by atoms with Crippen molar-refractivity contribution in [3.8, 4) is 5.75 Å².